The Morgan fingerprint density at radius 3 is 2.50 bits per heavy atom. The molecule has 0 saturated carbocycles. The lowest BCUT2D eigenvalue weighted by molar-refractivity contribution is -0.115. The number of nitrogens with zero attached hydrogens (tertiary/aromatic N) is 1. The molecule has 3 nitrogen and oxygen atoms in total. The molecule has 0 atom stereocenters. The Bertz CT molecular complexity index is 374. The number of hydrogen-bond donors (Lipinski definition) is 1. The summed E-state index contributed by atoms with van der Waals surface area (Å²) in [5, 5.41) is 3.89. The normalized spacial score (nSPS) is 15.9. The Balaban J connectivity index is 2.34. The van der Waals surface area contributed by atoms with Crippen molar-refractivity contribution >= 4 is 40.5 Å². The summed E-state index contributed by atoms with van der Waals surface area (Å²) < 4.78 is 0. The van der Waals surface area contributed by atoms with Gasteiger partial charge in [0.1, 0.15) is 0 Å². The van der Waals surface area contributed by atoms with Gasteiger partial charge in [0.25, 0.3) is 5.91 Å². The number of hydrogen-bond acceptors (Lipinski definition) is 2. The van der Waals surface area contributed by atoms with Gasteiger partial charge < -0.3 is 5.32 Å². The molecule has 0 spiro atoms. The van der Waals surface area contributed by atoms with Crippen LogP contribution < -0.4 is 10.2 Å². The minimum atomic E-state index is -0.0441. The molecule has 0 aromatic heterocycles. The van der Waals surface area contributed by atoms with Crippen molar-refractivity contribution in [1.29, 1.82) is 0 Å². The summed E-state index contributed by atoms with van der Waals surface area (Å²) in [5.41, 5.74) is 0.745. The van der Waals surface area contributed by atoms with Crippen molar-refractivity contribution in [3.63, 3.8) is 0 Å². The predicted octanol–water partition coefficient (Wildman–Crippen LogP) is 1.56. The summed E-state index contributed by atoms with van der Waals surface area (Å²) in [6, 6.07) is 6.98. The van der Waals surface area contributed by atoms with Crippen LogP contribution in [0.15, 0.2) is 24.3 Å². The molecular weight excluding hydrogens is 220 g/mol. The molecule has 2 rings (SSSR count). The Labute approximate surface area is 91.7 Å². The molecule has 1 aromatic rings. The second kappa shape index (κ2) is 3.55. The quantitative estimate of drug-likeness (QED) is 0.738. The second-order valence-electron chi connectivity index (χ2n) is 2.86. The number of rotatable bonds is 1. The van der Waals surface area contributed by atoms with Crippen molar-refractivity contribution in [2.45, 2.75) is 0 Å². The zero-order chi connectivity index (χ0) is 10.1. The van der Waals surface area contributed by atoms with E-state index in [1.165, 1.54) is 4.90 Å². The van der Waals surface area contributed by atoms with Crippen molar-refractivity contribution in [3.05, 3.63) is 29.3 Å². The number of benzene rings is 1. The van der Waals surface area contributed by atoms with Crippen molar-refractivity contribution in [1.82, 2.24) is 5.32 Å². The monoisotopic (exact) mass is 226 g/mol. The van der Waals surface area contributed by atoms with Gasteiger partial charge in [-0.3, -0.25) is 9.69 Å². The van der Waals surface area contributed by atoms with Gasteiger partial charge in [-0.1, -0.05) is 11.6 Å². The van der Waals surface area contributed by atoms with Gasteiger partial charge >= 0.3 is 0 Å². The molecule has 1 saturated heterocycles. The standard InChI is InChI=1S/C9H7ClN2OS/c10-6-1-3-7(4-2-6)12-8(13)5-11-9(12)14/h1-4H,5H2,(H,11,14). The van der Waals surface area contributed by atoms with Gasteiger partial charge in [0.05, 0.1) is 12.2 Å². The van der Waals surface area contributed by atoms with Gasteiger partial charge in [0, 0.05) is 5.02 Å². The molecule has 1 heterocycles. The van der Waals surface area contributed by atoms with Crippen LogP contribution in [0.4, 0.5) is 5.69 Å². The van der Waals surface area contributed by atoms with Crippen molar-refractivity contribution in [2.75, 3.05) is 11.4 Å². The number of nitrogens with one attached hydrogen (secondary N) is 1. The van der Waals surface area contributed by atoms with Crippen LogP contribution in [-0.2, 0) is 4.79 Å². The van der Waals surface area contributed by atoms with E-state index in [2.05, 4.69) is 5.32 Å². The first kappa shape index (κ1) is 9.43. The molecule has 1 amide bonds. The van der Waals surface area contributed by atoms with Crippen LogP contribution in [0.5, 0.6) is 0 Å². The van der Waals surface area contributed by atoms with E-state index in [0.29, 0.717) is 10.1 Å². The fourth-order valence-electron chi connectivity index (χ4n) is 1.27. The van der Waals surface area contributed by atoms with Crippen LogP contribution in [0.1, 0.15) is 0 Å². The van der Waals surface area contributed by atoms with Crippen LogP contribution in [0.2, 0.25) is 5.02 Å². The summed E-state index contributed by atoms with van der Waals surface area (Å²) >= 11 is 10.7. The average Bonchev–Trinajstić information content (AvgIpc) is 2.49. The van der Waals surface area contributed by atoms with Crippen molar-refractivity contribution in [3.8, 4) is 0 Å². The van der Waals surface area contributed by atoms with E-state index in [4.69, 9.17) is 23.8 Å². The lowest BCUT2D eigenvalue weighted by atomic mass is 10.3. The molecule has 0 aliphatic carbocycles. The van der Waals surface area contributed by atoms with E-state index in [0.717, 1.165) is 5.69 Å². The number of thiocarbonyl (C=S) groups is 1. The fourth-order valence-corrected chi connectivity index (χ4v) is 1.68. The molecule has 0 unspecified atom stereocenters. The second-order valence-corrected chi connectivity index (χ2v) is 3.69. The topological polar surface area (TPSA) is 32.3 Å². The SMILES string of the molecule is O=C1CNC(=S)N1c1ccc(Cl)cc1. The highest BCUT2D eigenvalue weighted by atomic mass is 35.5. The summed E-state index contributed by atoms with van der Waals surface area (Å²) in [6.45, 7) is 0.265. The summed E-state index contributed by atoms with van der Waals surface area (Å²) in [6.07, 6.45) is 0. The third-order valence-electron chi connectivity index (χ3n) is 1.93. The van der Waals surface area contributed by atoms with Crippen LogP contribution >= 0.6 is 23.8 Å². The van der Waals surface area contributed by atoms with E-state index < -0.39 is 0 Å². The van der Waals surface area contributed by atoms with Crippen molar-refractivity contribution in [2.24, 2.45) is 0 Å². The van der Waals surface area contributed by atoms with E-state index in [1.54, 1.807) is 24.3 Å². The minimum Gasteiger partial charge on any atom is -0.353 e. The molecule has 1 aromatic carbocycles. The fraction of sp³-hybridized carbons (Fsp3) is 0.111. The van der Waals surface area contributed by atoms with Crippen LogP contribution in [0.25, 0.3) is 0 Å². The summed E-state index contributed by atoms with van der Waals surface area (Å²) in [7, 11) is 0. The van der Waals surface area contributed by atoms with Crippen LogP contribution in [-0.4, -0.2) is 17.6 Å². The molecule has 1 fully saturated rings. The Hall–Kier alpha value is -1.13. The third kappa shape index (κ3) is 1.58. The van der Waals surface area contributed by atoms with Gasteiger partial charge in [0.2, 0.25) is 0 Å². The van der Waals surface area contributed by atoms with E-state index in [1.807, 2.05) is 0 Å². The first-order valence-corrected chi connectivity index (χ1v) is 4.83. The van der Waals surface area contributed by atoms with Crippen molar-refractivity contribution < 1.29 is 4.79 Å². The third-order valence-corrected chi connectivity index (χ3v) is 2.51. The summed E-state index contributed by atoms with van der Waals surface area (Å²) in [5.74, 6) is -0.0441. The zero-order valence-electron chi connectivity index (χ0n) is 7.16. The highest BCUT2D eigenvalue weighted by Crippen LogP contribution is 2.19. The minimum absolute atomic E-state index is 0.0441. The predicted molar refractivity (Wildman–Crippen MR) is 59.5 cm³/mol. The Morgan fingerprint density at radius 1 is 1.36 bits per heavy atom. The zero-order valence-corrected chi connectivity index (χ0v) is 8.73. The van der Waals surface area contributed by atoms with Crippen LogP contribution in [0.3, 0.4) is 0 Å². The number of carbonyl (C=O) groups excluding carboxylic acids is 1. The highest BCUT2D eigenvalue weighted by Gasteiger charge is 2.26. The summed E-state index contributed by atoms with van der Waals surface area (Å²) in [4.78, 5) is 12.9. The molecule has 72 valence electrons. The Morgan fingerprint density at radius 2 is 2.00 bits per heavy atom. The lowest BCUT2D eigenvalue weighted by Gasteiger charge is -2.14. The number of anilines is 1. The maximum Gasteiger partial charge on any atom is 0.252 e. The van der Waals surface area contributed by atoms with E-state index in [9.17, 15) is 4.79 Å². The van der Waals surface area contributed by atoms with Gasteiger partial charge in [-0.15, -0.1) is 0 Å². The first-order chi connectivity index (χ1) is 6.68. The lowest BCUT2D eigenvalue weighted by Crippen LogP contribution is -2.30. The van der Waals surface area contributed by atoms with Gasteiger partial charge in [-0.05, 0) is 36.5 Å². The smallest absolute Gasteiger partial charge is 0.252 e. The molecule has 1 N–H and O–H groups in total. The molecule has 0 bridgehead atoms. The van der Waals surface area contributed by atoms with Gasteiger partial charge in [-0.25, -0.2) is 0 Å². The molecule has 5 heteroatoms. The number of carbonyl (C=O) groups is 1. The Kier molecular flexibility index (Phi) is 2.39. The molecule has 0 radical (unpaired) electrons. The van der Waals surface area contributed by atoms with Gasteiger partial charge in [0.15, 0.2) is 5.11 Å². The molecule has 14 heavy (non-hydrogen) atoms. The number of halogens is 1. The largest absolute Gasteiger partial charge is 0.353 e. The van der Waals surface area contributed by atoms with Gasteiger partial charge in [-0.2, -0.15) is 0 Å². The average molecular weight is 227 g/mol. The molecular formula is C9H7ClN2OS. The molecule has 1 aliphatic rings. The van der Waals surface area contributed by atoms with E-state index in [-0.39, 0.29) is 12.5 Å². The highest BCUT2D eigenvalue weighted by molar-refractivity contribution is 7.80. The van der Waals surface area contributed by atoms with Crippen LogP contribution in [0, 0.1) is 0 Å². The van der Waals surface area contributed by atoms with E-state index >= 15 is 0 Å². The maximum absolute atomic E-state index is 11.4. The molecule has 1 aliphatic heterocycles. The number of amides is 1. The first-order valence-electron chi connectivity index (χ1n) is 4.05. The maximum atomic E-state index is 11.4.